The van der Waals surface area contributed by atoms with Gasteiger partial charge in [-0.25, -0.2) is 0 Å². The molecule has 0 N–H and O–H groups in total. The van der Waals surface area contributed by atoms with Crippen molar-refractivity contribution in [1.29, 1.82) is 0 Å². The summed E-state index contributed by atoms with van der Waals surface area (Å²) in [5.74, 6) is 0.134. The fourth-order valence-corrected chi connectivity index (χ4v) is 6.85. The number of rotatable bonds is 4. The summed E-state index contributed by atoms with van der Waals surface area (Å²) >= 11 is 0. The highest BCUT2D eigenvalue weighted by Crippen LogP contribution is 2.54. The van der Waals surface area contributed by atoms with Crippen LogP contribution in [0.1, 0.15) is 56.0 Å². The van der Waals surface area contributed by atoms with Crippen molar-refractivity contribution < 1.29 is 0 Å². The van der Waals surface area contributed by atoms with Crippen LogP contribution >= 0.6 is 0 Å². The van der Waals surface area contributed by atoms with Gasteiger partial charge in [-0.05, 0) is 116 Å². The van der Waals surface area contributed by atoms with Gasteiger partial charge < -0.3 is 14.7 Å². The standard InChI is InChI=1S/C36H43N3/c1-21-14-23(3)33(24(4)15-21)30-18-28(38(9)10)20-32-35(30)36(34-25(5)16-22(2)17-26(34)6)29-13-12-27(37(7)8)19-31(29)39(32)11/h12-20,36H,1-11H3. The van der Waals surface area contributed by atoms with E-state index in [4.69, 9.17) is 0 Å². The molecule has 0 fully saturated rings. The quantitative estimate of drug-likeness (QED) is 0.268. The minimum atomic E-state index is 0.134. The molecule has 0 aromatic heterocycles. The summed E-state index contributed by atoms with van der Waals surface area (Å²) in [4.78, 5) is 6.85. The van der Waals surface area contributed by atoms with Crippen molar-refractivity contribution in [1.82, 2.24) is 0 Å². The van der Waals surface area contributed by atoms with Gasteiger partial charge in [-0.1, -0.05) is 41.5 Å². The zero-order valence-corrected chi connectivity index (χ0v) is 25.6. The number of aryl methyl sites for hydroxylation is 6. The average molecular weight is 518 g/mol. The van der Waals surface area contributed by atoms with Gasteiger partial charge in [-0.2, -0.15) is 0 Å². The maximum Gasteiger partial charge on any atom is 0.0477 e. The highest BCUT2D eigenvalue weighted by molar-refractivity contribution is 5.91. The number of hydrogen-bond acceptors (Lipinski definition) is 3. The lowest BCUT2D eigenvalue weighted by Gasteiger charge is -2.40. The van der Waals surface area contributed by atoms with Crippen LogP contribution in [0.2, 0.25) is 0 Å². The molecule has 0 amide bonds. The normalized spacial score (nSPS) is 14.2. The molecular weight excluding hydrogens is 474 g/mol. The molecule has 0 aliphatic carbocycles. The Hall–Kier alpha value is -3.72. The van der Waals surface area contributed by atoms with E-state index in [2.05, 4.69) is 146 Å². The van der Waals surface area contributed by atoms with Gasteiger partial charge in [0, 0.05) is 63.9 Å². The Labute approximate surface area is 235 Å². The van der Waals surface area contributed by atoms with Crippen LogP contribution in [-0.4, -0.2) is 35.2 Å². The SMILES string of the molecule is Cc1cc(C)c(-c2cc(N(C)C)cc3c2C(c2c(C)cc(C)cc2C)c2ccc(N(C)C)cc2N3C)c(C)c1. The summed E-state index contributed by atoms with van der Waals surface area (Å²) in [5.41, 5.74) is 19.9. The maximum atomic E-state index is 2.42. The Morgan fingerprint density at radius 1 is 0.564 bits per heavy atom. The van der Waals surface area contributed by atoms with Crippen LogP contribution < -0.4 is 14.7 Å². The number of hydrogen-bond donors (Lipinski definition) is 0. The number of anilines is 4. The van der Waals surface area contributed by atoms with Gasteiger partial charge in [0.1, 0.15) is 0 Å². The molecule has 1 unspecified atom stereocenters. The van der Waals surface area contributed by atoms with E-state index in [1.165, 1.54) is 83.9 Å². The van der Waals surface area contributed by atoms with Crippen LogP contribution in [0.4, 0.5) is 22.7 Å². The number of benzene rings is 4. The lowest BCUT2D eigenvalue weighted by molar-refractivity contribution is 0.904. The van der Waals surface area contributed by atoms with Crippen molar-refractivity contribution in [3.8, 4) is 11.1 Å². The minimum Gasteiger partial charge on any atom is -0.378 e. The van der Waals surface area contributed by atoms with Gasteiger partial charge in [0.2, 0.25) is 0 Å². The predicted octanol–water partition coefficient (Wildman–Crippen LogP) is 8.60. The van der Waals surface area contributed by atoms with E-state index >= 15 is 0 Å². The van der Waals surface area contributed by atoms with Crippen LogP contribution in [-0.2, 0) is 0 Å². The molecule has 0 radical (unpaired) electrons. The Kier molecular flexibility index (Phi) is 6.74. The third-order valence-corrected chi connectivity index (χ3v) is 8.49. The first-order valence-corrected chi connectivity index (χ1v) is 13.9. The molecule has 0 bridgehead atoms. The molecular formula is C36H43N3. The van der Waals surface area contributed by atoms with Crippen LogP contribution in [0.3, 0.4) is 0 Å². The van der Waals surface area contributed by atoms with Gasteiger partial charge in [0.05, 0.1) is 0 Å². The van der Waals surface area contributed by atoms with Gasteiger partial charge >= 0.3 is 0 Å². The van der Waals surface area contributed by atoms with Crippen molar-refractivity contribution >= 4 is 22.7 Å². The largest absolute Gasteiger partial charge is 0.378 e. The first-order valence-electron chi connectivity index (χ1n) is 13.9. The van der Waals surface area contributed by atoms with Crippen molar-refractivity contribution in [3.63, 3.8) is 0 Å². The van der Waals surface area contributed by atoms with Gasteiger partial charge in [0.25, 0.3) is 0 Å². The second kappa shape index (κ2) is 9.79. The molecule has 3 nitrogen and oxygen atoms in total. The summed E-state index contributed by atoms with van der Waals surface area (Å²) in [6.45, 7) is 13.5. The van der Waals surface area contributed by atoms with Gasteiger partial charge in [0.15, 0.2) is 0 Å². The zero-order valence-electron chi connectivity index (χ0n) is 25.6. The monoisotopic (exact) mass is 517 g/mol. The van der Waals surface area contributed by atoms with Crippen LogP contribution in [0.25, 0.3) is 11.1 Å². The first-order chi connectivity index (χ1) is 18.4. The summed E-state index contributed by atoms with van der Waals surface area (Å²) in [5, 5.41) is 0. The van der Waals surface area contributed by atoms with E-state index in [-0.39, 0.29) is 5.92 Å². The molecule has 202 valence electrons. The lowest BCUT2D eigenvalue weighted by Crippen LogP contribution is -2.25. The Morgan fingerprint density at radius 2 is 1.08 bits per heavy atom. The molecule has 4 aromatic rings. The molecule has 1 heterocycles. The summed E-state index contributed by atoms with van der Waals surface area (Å²) < 4.78 is 0. The van der Waals surface area contributed by atoms with Crippen LogP contribution in [0.15, 0.2) is 54.6 Å². The average Bonchev–Trinajstić information content (AvgIpc) is 2.84. The van der Waals surface area contributed by atoms with Crippen LogP contribution in [0.5, 0.6) is 0 Å². The fraction of sp³-hybridized carbons (Fsp3) is 0.333. The highest BCUT2D eigenvalue weighted by atomic mass is 15.1. The third-order valence-electron chi connectivity index (χ3n) is 8.49. The maximum absolute atomic E-state index is 2.42. The molecule has 1 aliphatic heterocycles. The summed E-state index contributed by atoms with van der Waals surface area (Å²) in [6.07, 6.45) is 0. The first kappa shape index (κ1) is 26.9. The Balaban J connectivity index is 1.96. The Morgan fingerprint density at radius 3 is 1.62 bits per heavy atom. The van der Waals surface area contributed by atoms with Crippen molar-refractivity contribution in [2.45, 2.75) is 47.5 Å². The molecule has 1 aliphatic rings. The van der Waals surface area contributed by atoms with E-state index in [1.807, 2.05) is 0 Å². The molecule has 39 heavy (non-hydrogen) atoms. The van der Waals surface area contributed by atoms with E-state index in [0.717, 1.165) is 0 Å². The summed E-state index contributed by atoms with van der Waals surface area (Å²) in [7, 11) is 10.8. The second-order valence-electron chi connectivity index (χ2n) is 12.0. The zero-order chi connectivity index (χ0) is 28.3. The van der Waals surface area contributed by atoms with Crippen molar-refractivity contribution in [2.75, 3.05) is 49.9 Å². The van der Waals surface area contributed by atoms with E-state index in [1.54, 1.807) is 0 Å². The molecule has 4 aromatic carbocycles. The topological polar surface area (TPSA) is 9.72 Å². The lowest BCUT2D eigenvalue weighted by atomic mass is 9.73. The molecule has 0 saturated carbocycles. The fourth-order valence-electron chi connectivity index (χ4n) is 6.85. The third kappa shape index (κ3) is 4.48. The van der Waals surface area contributed by atoms with Gasteiger partial charge in [-0.3, -0.25) is 0 Å². The Bertz CT molecular complexity index is 1550. The van der Waals surface area contributed by atoms with E-state index in [0.29, 0.717) is 0 Å². The second-order valence-corrected chi connectivity index (χ2v) is 12.0. The van der Waals surface area contributed by atoms with Crippen LogP contribution in [0, 0.1) is 41.5 Å². The highest BCUT2D eigenvalue weighted by Gasteiger charge is 2.35. The predicted molar refractivity (Wildman–Crippen MR) is 171 cm³/mol. The van der Waals surface area contributed by atoms with Crippen molar-refractivity contribution in [2.24, 2.45) is 0 Å². The summed E-state index contributed by atoms with van der Waals surface area (Å²) in [6, 6.07) is 21.2. The number of nitrogens with zero attached hydrogens (tertiary/aromatic N) is 3. The smallest absolute Gasteiger partial charge is 0.0477 e. The van der Waals surface area contributed by atoms with Crippen molar-refractivity contribution in [3.05, 3.63) is 105 Å². The molecule has 1 atom stereocenters. The van der Waals surface area contributed by atoms with Gasteiger partial charge in [-0.15, -0.1) is 0 Å². The van der Waals surface area contributed by atoms with E-state index in [9.17, 15) is 0 Å². The number of fused-ring (bicyclic) bond motifs is 2. The van der Waals surface area contributed by atoms with E-state index < -0.39 is 0 Å². The molecule has 0 saturated heterocycles. The molecule has 0 spiro atoms. The minimum absolute atomic E-state index is 0.134. The molecule has 3 heteroatoms. The molecule has 5 rings (SSSR count).